The summed E-state index contributed by atoms with van der Waals surface area (Å²) in [4.78, 5) is 15.0. The highest BCUT2D eigenvalue weighted by atomic mass is 19.1. The number of piperidine rings is 1. The number of carbonyl (C=O) groups is 1. The Bertz CT molecular complexity index is 1260. The molecule has 1 spiro atoms. The molecule has 0 bridgehead atoms. The van der Waals surface area contributed by atoms with Crippen molar-refractivity contribution in [3.05, 3.63) is 53.3 Å². The SMILES string of the molecule is O=C(CCCCN1CCCCC1)Nc1ccc(O[C@H]2CC34CC3CCC4C3CCc4cc(O)ccc4[C@H]32)cc1F. The summed E-state index contributed by atoms with van der Waals surface area (Å²) < 4.78 is 21.9. The van der Waals surface area contributed by atoms with Crippen LogP contribution in [0.25, 0.3) is 0 Å². The highest BCUT2D eigenvalue weighted by Gasteiger charge is 2.68. The van der Waals surface area contributed by atoms with Crippen LogP contribution in [0, 0.1) is 29.0 Å². The quantitative estimate of drug-likeness (QED) is 0.349. The van der Waals surface area contributed by atoms with E-state index in [0.29, 0.717) is 29.3 Å². The van der Waals surface area contributed by atoms with Crippen molar-refractivity contribution in [2.45, 2.75) is 89.1 Å². The zero-order valence-corrected chi connectivity index (χ0v) is 23.5. The van der Waals surface area contributed by atoms with Crippen LogP contribution < -0.4 is 10.1 Å². The number of fused-ring (bicyclic) bond motifs is 4. The predicted octanol–water partition coefficient (Wildman–Crippen LogP) is 7.04. The molecule has 1 amide bonds. The van der Waals surface area contributed by atoms with E-state index in [-0.39, 0.29) is 23.6 Å². The van der Waals surface area contributed by atoms with Gasteiger partial charge in [-0.3, -0.25) is 4.79 Å². The lowest BCUT2D eigenvalue weighted by Crippen LogP contribution is -2.46. The average molecular weight is 547 g/mol. The summed E-state index contributed by atoms with van der Waals surface area (Å²) in [5.74, 6) is 2.74. The summed E-state index contributed by atoms with van der Waals surface area (Å²) in [6.45, 7) is 3.39. The van der Waals surface area contributed by atoms with Crippen molar-refractivity contribution in [3.8, 4) is 11.5 Å². The molecule has 214 valence electrons. The molecule has 1 heterocycles. The number of rotatable bonds is 8. The monoisotopic (exact) mass is 546 g/mol. The number of benzene rings is 2. The smallest absolute Gasteiger partial charge is 0.224 e. The summed E-state index contributed by atoms with van der Waals surface area (Å²) in [6.07, 6.45) is 13.3. The topological polar surface area (TPSA) is 61.8 Å². The van der Waals surface area contributed by atoms with Gasteiger partial charge in [-0.05, 0) is 142 Å². The number of likely N-dealkylation sites (tertiary alicyclic amines) is 1. The molecule has 1 saturated heterocycles. The van der Waals surface area contributed by atoms with E-state index in [9.17, 15) is 9.90 Å². The number of aromatic hydroxyl groups is 1. The van der Waals surface area contributed by atoms with Gasteiger partial charge >= 0.3 is 0 Å². The van der Waals surface area contributed by atoms with Gasteiger partial charge < -0.3 is 20.1 Å². The number of aryl methyl sites for hydroxylation is 1. The number of unbranched alkanes of at least 4 members (excludes halogenated alkanes) is 1. The number of nitrogens with zero attached hydrogens (tertiary/aromatic N) is 1. The predicted molar refractivity (Wildman–Crippen MR) is 154 cm³/mol. The second kappa shape index (κ2) is 10.7. The number of hydrogen-bond donors (Lipinski definition) is 2. The van der Waals surface area contributed by atoms with Crippen molar-refractivity contribution in [2.75, 3.05) is 25.0 Å². The zero-order chi connectivity index (χ0) is 27.3. The first-order valence-electron chi connectivity index (χ1n) is 15.8. The number of halogens is 1. The van der Waals surface area contributed by atoms with E-state index in [0.717, 1.165) is 50.5 Å². The molecule has 4 fully saturated rings. The van der Waals surface area contributed by atoms with Crippen molar-refractivity contribution < 1.29 is 19.0 Å². The molecule has 2 aromatic rings. The Kier molecular flexibility index (Phi) is 7.01. The molecular formula is C34H43FN2O3. The fourth-order valence-corrected chi connectivity index (χ4v) is 9.23. The van der Waals surface area contributed by atoms with Gasteiger partial charge in [0.2, 0.25) is 5.91 Å². The van der Waals surface area contributed by atoms with Crippen molar-refractivity contribution in [3.63, 3.8) is 0 Å². The van der Waals surface area contributed by atoms with E-state index in [1.54, 1.807) is 6.07 Å². The number of anilines is 1. The fourth-order valence-electron chi connectivity index (χ4n) is 9.23. The largest absolute Gasteiger partial charge is 0.508 e. The highest BCUT2D eigenvalue weighted by Crippen LogP contribution is 2.75. The standard InChI is InChI=1S/C34H43FN2O3/c35-29-19-25(10-14-30(29)36-32(39)6-2-5-17-37-15-3-1-4-16-37)40-31-21-34-20-23(34)8-13-28(34)27-11-7-22-18-24(38)9-12-26(22)33(27)31/h9-10,12,14,18-19,23,27-28,31,33,38H,1-8,11,13,15-17,20-21H2,(H,36,39)/t23?,27?,28?,31-,33+,34?/m0/s1. The minimum absolute atomic E-state index is 0.00677. The Morgan fingerprint density at radius 3 is 2.75 bits per heavy atom. The number of hydrogen-bond acceptors (Lipinski definition) is 4. The number of phenols is 1. The molecule has 0 aromatic heterocycles. The molecular weight excluding hydrogens is 503 g/mol. The third-order valence-electron chi connectivity index (χ3n) is 11.1. The van der Waals surface area contributed by atoms with Gasteiger partial charge in [-0.1, -0.05) is 12.5 Å². The van der Waals surface area contributed by atoms with Crippen LogP contribution in [0.2, 0.25) is 0 Å². The lowest BCUT2D eigenvalue weighted by molar-refractivity contribution is -0.116. The maximum absolute atomic E-state index is 15.2. The van der Waals surface area contributed by atoms with Crippen LogP contribution in [-0.2, 0) is 11.2 Å². The highest BCUT2D eigenvalue weighted by molar-refractivity contribution is 5.90. The summed E-state index contributed by atoms with van der Waals surface area (Å²) in [5, 5.41) is 12.9. The third-order valence-corrected chi connectivity index (χ3v) is 11.1. The number of carbonyl (C=O) groups excluding carboxylic acids is 1. The second-order valence-electron chi connectivity index (χ2n) is 13.3. The Labute approximate surface area is 237 Å². The zero-order valence-electron chi connectivity index (χ0n) is 23.5. The average Bonchev–Trinajstić information content (AvgIpc) is 3.52. The van der Waals surface area contributed by atoms with E-state index < -0.39 is 5.82 Å². The lowest BCUT2D eigenvalue weighted by atomic mass is 9.57. The molecule has 7 rings (SSSR count). The Morgan fingerprint density at radius 1 is 1.05 bits per heavy atom. The van der Waals surface area contributed by atoms with Crippen LogP contribution in [0.4, 0.5) is 10.1 Å². The van der Waals surface area contributed by atoms with Gasteiger partial charge in [0.15, 0.2) is 0 Å². The van der Waals surface area contributed by atoms with E-state index in [4.69, 9.17) is 4.74 Å². The van der Waals surface area contributed by atoms with Crippen molar-refractivity contribution in [2.24, 2.45) is 23.2 Å². The molecule has 6 heteroatoms. The van der Waals surface area contributed by atoms with Crippen LogP contribution in [0.5, 0.6) is 11.5 Å². The Balaban J connectivity index is 1.01. The Hall–Kier alpha value is -2.60. The number of ether oxygens (including phenoxy) is 1. The van der Waals surface area contributed by atoms with Gasteiger partial charge in [0, 0.05) is 18.4 Å². The fraction of sp³-hybridized carbons (Fsp3) is 0.618. The van der Waals surface area contributed by atoms with Gasteiger partial charge in [-0.25, -0.2) is 4.39 Å². The maximum Gasteiger partial charge on any atom is 0.224 e. The van der Waals surface area contributed by atoms with Crippen LogP contribution in [0.3, 0.4) is 0 Å². The van der Waals surface area contributed by atoms with Crippen LogP contribution >= 0.6 is 0 Å². The first-order chi connectivity index (χ1) is 19.5. The summed E-state index contributed by atoms with van der Waals surface area (Å²) in [5.41, 5.74) is 3.19. The summed E-state index contributed by atoms with van der Waals surface area (Å²) >= 11 is 0. The third kappa shape index (κ3) is 4.91. The van der Waals surface area contributed by atoms with Gasteiger partial charge in [-0.15, -0.1) is 0 Å². The second-order valence-corrected chi connectivity index (χ2v) is 13.3. The molecule has 3 saturated carbocycles. The maximum atomic E-state index is 15.2. The molecule has 2 N–H and O–H groups in total. The van der Waals surface area contributed by atoms with Gasteiger partial charge in [0.1, 0.15) is 23.4 Å². The van der Waals surface area contributed by atoms with Crippen LogP contribution in [0.1, 0.15) is 87.7 Å². The Morgan fingerprint density at radius 2 is 1.93 bits per heavy atom. The van der Waals surface area contributed by atoms with Crippen LogP contribution in [0.15, 0.2) is 36.4 Å². The van der Waals surface area contributed by atoms with Crippen molar-refractivity contribution in [1.29, 1.82) is 0 Å². The van der Waals surface area contributed by atoms with Crippen molar-refractivity contribution >= 4 is 11.6 Å². The first kappa shape index (κ1) is 26.3. The van der Waals surface area contributed by atoms with E-state index in [2.05, 4.69) is 16.3 Å². The summed E-state index contributed by atoms with van der Waals surface area (Å²) in [7, 11) is 0. The number of nitrogens with one attached hydrogen (secondary N) is 1. The van der Waals surface area contributed by atoms with Gasteiger partial charge in [0.25, 0.3) is 0 Å². The van der Waals surface area contributed by atoms with Gasteiger partial charge in [-0.2, -0.15) is 0 Å². The molecule has 5 nitrogen and oxygen atoms in total. The van der Waals surface area contributed by atoms with Gasteiger partial charge in [0.05, 0.1) is 5.69 Å². The molecule has 2 aromatic carbocycles. The van der Waals surface area contributed by atoms with E-state index >= 15 is 4.39 Å². The number of amides is 1. The summed E-state index contributed by atoms with van der Waals surface area (Å²) in [6, 6.07) is 10.7. The molecule has 5 aliphatic rings. The minimum atomic E-state index is -0.443. The molecule has 1 aliphatic heterocycles. The molecule has 0 radical (unpaired) electrons. The normalized spacial score (nSPS) is 32.4. The van der Waals surface area contributed by atoms with Crippen LogP contribution in [-0.4, -0.2) is 41.7 Å². The first-order valence-corrected chi connectivity index (χ1v) is 15.8. The molecule has 4 unspecified atom stereocenters. The number of phenolic OH excluding ortho intramolecular Hbond substituents is 1. The lowest BCUT2D eigenvalue weighted by Gasteiger charge is -2.49. The molecule has 40 heavy (non-hydrogen) atoms. The molecule has 4 aliphatic carbocycles. The van der Waals surface area contributed by atoms with E-state index in [1.165, 1.54) is 68.8 Å². The minimum Gasteiger partial charge on any atom is -0.508 e. The van der Waals surface area contributed by atoms with E-state index in [1.807, 2.05) is 18.2 Å². The molecule has 6 atom stereocenters. The van der Waals surface area contributed by atoms with Crippen molar-refractivity contribution in [1.82, 2.24) is 4.90 Å².